The lowest BCUT2D eigenvalue weighted by Gasteiger charge is -2.10. The quantitative estimate of drug-likeness (QED) is 0.751. The maximum absolute atomic E-state index is 12.9. The van der Waals surface area contributed by atoms with E-state index in [1.807, 2.05) is 0 Å². The molecule has 0 aliphatic carbocycles. The Kier molecular flexibility index (Phi) is 5.00. The van der Waals surface area contributed by atoms with Crippen LogP contribution in [-0.2, 0) is 0 Å². The number of benzene rings is 1. The molecular weight excluding hydrogens is 235 g/mol. The average molecular weight is 245 g/mol. The predicted molar refractivity (Wildman–Crippen MR) is 56.3 cm³/mol. The summed E-state index contributed by atoms with van der Waals surface area (Å²) >= 11 is 11.4. The Bertz CT molecular complexity index is 302. The molecule has 1 aromatic rings. The highest BCUT2D eigenvalue weighted by atomic mass is 35.5. The van der Waals surface area contributed by atoms with Gasteiger partial charge in [-0.2, -0.15) is 0 Å². The van der Waals surface area contributed by atoms with E-state index in [1.165, 1.54) is 12.1 Å². The van der Waals surface area contributed by atoms with Crippen LogP contribution in [0.4, 0.5) is 4.39 Å². The van der Waals surface area contributed by atoms with Gasteiger partial charge in [-0.05, 0) is 19.1 Å². The summed E-state index contributed by atoms with van der Waals surface area (Å²) in [6.07, 6.45) is 0. The second-order valence-electron chi connectivity index (χ2n) is 2.55. The molecule has 1 aromatic carbocycles. The maximum atomic E-state index is 12.9. The van der Waals surface area contributed by atoms with Crippen molar-refractivity contribution in [1.29, 1.82) is 0 Å². The minimum atomic E-state index is -0.492. The Labute approximate surface area is 92.4 Å². The van der Waals surface area contributed by atoms with Crippen LogP contribution >= 0.6 is 35.6 Å². The Hall–Kier alpha value is -0.0200. The van der Waals surface area contributed by atoms with Crippen LogP contribution in [0.3, 0.4) is 0 Å². The lowest BCUT2D eigenvalue weighted by atomic mass is 10.1. The van der Waals surface area contributed by atoms with Crippen molar-refractivity contribution in [3.05, 3.63) is 33.6 Å². The van der Waals surface area contributed by atoms with E-state index in [2.05, 4.69) is 0 Å². The molecule has 5 heteroatoms. The van der Waals surface area contributed by atoms with Crippen molar-refractivity contribution in [2.45, 2.75) is 13.0 Å². The van der Waals surface area contributed by atoms with Crippen LogP contribution in [0.1, 0.15) is 18.5 Å². The molecule has 1 unspecified atom stereocenters. The lowest BCUT2D eigenvalue weighted by Crippen LogP contribution is -2.07. The van der Waals surface area contributed by atoms with Crippen LogP contribution in [0.5, 0.6) is 0 Å². The fourth-order valence-electron chi connectivity index (χ4n) is 0.960. The third-order valence-corrected chi connectivity index (χ3v) is 2.25. The van der Waals surface area contributed by atoms with Gasteiger partial charge in [0.05, 0.1) is 5.02 Å². The molecule has 0 saturated carbocycles. The molecule has 1 atom stereocenters. The van der Waals surface area contributed by atoms with E-state index in [0.29, 0.717) is 10.6 Å². The highest BCUT2D eigenvalue weighted by Gasteiger charge is 2.13. The van der Waals surface area contributed by atoms with Gasteiger partial charge in [-0.15, -0.1) is 12.4 Å². The van der Waals surface area contributed by atoms with Crippen molar-refractivity contribution < 1.29 is 4.39 Å². The molecule has 74 valence electrons. The standard InChI is InChI=1S/C8H8Cl2FN.ClH/c1-4(12)7-5(9)2-3-6(11)8(7)10;/h2-4H,12H2,1H3;1H. The van der Waals surface area contributed by atoms with Gasteiger partial charge < -0.3 is 5.73 Å². The van der Waals surface area contributed by atoms with Gasteiger partial charge in [0, 0.05) is 16.6 Å². The second kappa shape index (κ2) is 5.01. The topological polar surface area (TPSA) is 26.0 Å². The SMILES string of the molecule is CC(N)c1c(Cl)ccc(F)c1Cl.Cl. The van der Waals surface area contributed by atoms with Crippen molar-refractivity contribution in [1.82, 2.24) is 0 Å². The molecule has 1 rings (SSSR count). The van der Waals surface area contributed by atoms with Gasteiger partial charge in [0.1, 0.15) is 5.82 Å². The number of halogens is 4. The third-order valence-electron chi connectivity index (χ3n) is 1.53. The van der Waals surface area contributed by atoms with Gasteiger partial charge in [0.15, 0.2) is 0 Å². The van der Waals surface area contributed by atoms with E-state index in [-0.39, 0.29) is 23.5 Å². The molecule has 0 aromatic heterocycles. The third kappa shape index (κ3) is 2.71. The molecule has 0 bridgehead atoms. The Morgan fingerprint density at radius 3 is 2.31 bits per heavy atom. The van der Waals surface area contributed by atoms with Crippen molar-refractivity contribution >= 4 is 35.6 Å². The Morgan fingerprint density at radius 2 is 1.92 bits per heavy atom. The number of hydrogen-bond donors (Lipinski definition) is 1. The molecule has 0 aliphatic heterocycles. The smallest absolute Gasteiger partial charge is 0.142 e. The van der Waals surface area contributed by atoms with Gasteiger partial charge in [0.2, 0.25) is 0 Å². The Morgan fingerprint density at radius 1 is 1.38 bits per heavy atom. The summed E-state index contributed by atoms with van der Waals surface area (Å²) in [5.41, 5.74) is 6.01. The van der Waals surface area contributed by atoms with E-state index < -0.39 is 5.82 Å². The molecule has 13 heavy (non-hydrogen) atoms. The molecule has 2 N–H and O–H groups in total. The molecule has 0 amide bonds. The number of nitrogens with two attached hydrogens (primary N) is 1. The summed E-state index contributed by atoms with van der Waals surface area (Å²) in [7, 11) is 0. The van der Waals surface area contributed by atoms with Crippen LogP contribution < -0.4 is 5.73 Å². The molecule has 0 fully saturated rings. The summed E-state index contributed by atoms with van der Waals surface area (Å²) in [6, 6.07) is 2.30. The first-order valence-electron chi connectivity index (χ1n) is 3.43. The molecular formula is C8H9Cl3FN. The van der Waals surface area contributed by atoms with Crippen molar-refractivity contribution in [2.75, 3.05) is 0 Å². The summed E-state index contributed by atoms with van der Waals surface area (Å²) in [5, 5.41) is 0.411. The van der Waals surface area contributed by atoms with Crippen LogP contribution in [0.2, 0.25) is 10.0 Å². The summed E-state index contributed by atoms with van der Waals surface area (Å²) in [4.78, 5) is 0. The highest BCUT2D eigenvalue weighted by Crippen LogP contribution is 2.30. The van der Waals surface area contributed by atoms with Gasteiger partial charge >= 0.3 is 0 Å². The first-order valence-corrected chi connectivity index (χ1v) is 4.18. The largest absolute Gasteiger partial charge is 0.324 e. The minimum Gasteiger partial charge on any atom is -0.324 e. The summed E-state index contributed by atoms with van der Waals surface area (Å²) in [6.45, 7) is 1.70. The first kappa shape index (κ1) is 13.0. The normalized spacial score (nSPS) is 12.1. The van der Waals surface area contributed by atoms with Crippen molar-refractivity contribution in [3.8, 4) is 0 Å². The molecule has 0 saturated heterocycles. The second-order valence-corrected chi connectivity index (χ2v) is 3.33. The zero-order chi connectivity index (χ0) is 9.30. The maximum Gasteiger partial charge on any atom is 0.142 e. The van der Waals surface area contributed by atoms with Gasteiger partial charge in [-0.3, -0.25) is 0 Å². The van der Waals surface area contributed by atoms with Crippen LogP contribution in [0.15, 0.2) is 12.1 Å². The zero-order valence-corrected chi connectivity index (χ0v) is 9.18. The van der Waals surface area contributed by atoms with Crippen LogP contribution in [-0.4, -0.2) is 0 Å². The minimum absolute atomic E-state index is 0. The van der Waals surface area contributed by atoms with Crippen molar-refractivity contribution in [3.63, 3.8) is 0 Å². The average Bonchev–Trinajstić information content (AvgIpc) is 1.97. The number of rotatable bonds is 1. The molecule has 0 heterocycles. The predicted octanol–water partition coefficient (Wildman–Crippen LogP) is 3.57. The lowest BCUT2D eigenvalue weighted by molar-refractivity contribution is 0.623. The summed E-state index contributed by atoms with van der Waals surface area (Å²) in [5.74, 6) is -0.492. The van der Waals surface area contributed by atoms with Crippen LogP contribution in [0.25, 0.3) is 0 Å². The van der Waals surface area contributed by atoms with E-state index in [4.69, 9.17) is 28.9 Å². The number of hydrogen-bond acceptors (Lipinski definition) is 1. The van der Waals surface area contributed by atoms with E-state index in [9.17, 15) is 4.39 Å². The molecule has 0 spiro atoms. The monoisotopic (exact) mass is 243 g/mol. The van der Waals surface area contributed by atoms with E-state index in [0.717, 1.165) is 0 Å². The van der Waals surface area contributed by atoms with Gasteiger partial charge in [0.25, 0.3) is 0 Å². The van der Waals surface area contributed by atoms with Gasteiger partial charge in [-0.25, -0.2) is 4.39 Å². The molecule has 1 nitrogen and oxygen atoms in total. The van der Waals surface area contributed by atoms with E-state index >= 15 is 0 Å². The molecule has 0 radical (unpaired) electrons. The van der Waals surface area contributed by atoms with Gasteiger partial charge in [-0.1, -0.05) is 23.2 Å². The fraction of sp³-hybridized carbons (Fsp3) is 0.250. The summed E-state index contributed by atoms with van der Waals surface area (Å²) < 4.78 is 12.9. The Balaban J connectivity index is 0.00000144. The first-order chi connectivity index (χ1) is 5.54. The highest BCUT2D eigenvalue weighted by molar-refractivity contribution is 6.36. The molecule has 0 aliphatic rings. The van der Waals surface area contributed by atoms with Crippen molar-refractivity contribution in [2.24, 2.45) is 5.73 Å². The van der Waals surface area contributed by atoms with Crippen LogP contribution in [0, 0.1) is 5.82 Å². The fourth-order valence-corrected chi connectivity index (χ4v) is 1.67. The van der Waals surface area contributed by atoms with E-state index in [1.54, 1.807) is 6.92 Å². The zero-order valence-electron chi connectivity index (χ0n) is 6.85.